The Labute approximate surface area is 199 Å². The van der Waals surface area contributed by atoms with Crippen molar-refractivity contribution in [1.82, 2.24) is 10.5 Å². The summed E-state index contributed by atoms with van der Waals surface area (Å²) in [6, 6.07) is 0. The second kappa shape index (κ2) is 18.1. The SMILES string of the molecule is C/C=C/C(=O)ON(CCN(OC(=O)/C=C/C)OC(=O)/C=C/C)OC(=O)/C=C/C.[Ca]. The van der Waals surface area contributed by atoms with Crippen LogP contribution in [0.15, 0.2) is 48.6 Å². The van der Waals surface area contributed by atoms with Crippen molar-refractivity contribution >= 4 is 61.6 Å². The van der Waals surface area contributed by atoms with Gasteiger partial charge in [-0.2, -0.15) is 0 Å². The molecule has 0 aliphatic carbocycles. The number of rotatable bonds is 11. The summed E-state index contributed by atoms with van der Waals surface area (Å²) in [6.07, 6.45) is 10.1. The Hall–Kier alpha value is -1.98. The summed E-state index contributed by atoms with van der Waals surface area (Å²) in [4.78, 5) is 65.8. The van der Waals surface area contributed by atoms with Crippen molar-refractivity contribution in [2.75, 3.05) is 13.1 Å². The number of carbonyl (C=O) groups is 4. The quantitative estimate of drug-likeness (QED) is 0.267. The summed E-state index contributed by atoms with van der Waals surface area (Å²) in [5, 5.41) is 1.15. The monoisotopic (exact) mass is 436 g/mol. The average molecular weight is 436 g/mol. The van der Waals surface area contributed by atoms with Gasteiger partial charge in [0.1, 0.15) is 0 Å². The zero-order valence-electron chi connectivity index (χ0n) is 16.9. The molecule has 0 saturated carbocycles. The van der Waals surface area contributed by atoms with Gasteiger partial charge in [-0.25, -0.2) is 19.2 Å². The van der Waals surface area contributed by atoms with Gasteiger partial charge in [-0.05, 0) is 27.7 Å². The molecule has 0 aromatic heterocycles. The second-order valence-corrected chi connectivity index (χ2v) is 4.75. The number of hydroxylamine groups is 4. The van der Waals surface area contributed by atoms with E-state index in [1.165, 1.54) is 24.3 Å². The molecule has 0 bridgehead atoms. The van der Waals surface area contributed by atoms with Crippen LogP contribution in [0.5, 0.6) is 0 Å². The average Bonchev–Trinajstić information content (AvgIpc) is 2.60. The van der Waals surface area contributed by atoms with Crippen molar-refractivity contribution in [3.63, 3.8) is 0 Å². The Kier molecular flexibility index (Phi) is 18.2. The molecule has 0 aliphatic heterocycles. The molecule has 0 rings (SSSR count). The van der Waals surface area contributed by atoms with Crippen LogP contribution in [0.2, 0.25) is 0 Å². The number of hydrogen-bond acceptors (Lipinski definition) is 10. The summed E-state index contributed by atoms with van der Waals surface area (Å²) in [6.45, 7) is 5.78. The van der Waals surface area contributed by atoms with Crippen LogP contribution >= 0.6 is 0 Å². The van der Waals surface area contributed by atoms with Crippen LogP contribution in [0.4, 0.5) is 0 Å². The van der Waals surface area contributed by atoms with Crippen LogP contribution in [-0.4, -0.2) is 85.2 Å². The molecule has 0 spiro atoms. The van der Waals surface area contributed by atoms with E-state index >= 15 is 0 Å². The molecular weight excluding hydrogens is 412 g/mol. The molecule has 156 valence electrons. The largest absolute Gasteiger partial charge is 0.353 e. The first-order valence-corrected chi connectivity index (χ1v) is 8.29. The van der Waals surface area contributed by atoms with Gasteiger partial charge in [-0.1, -0.05) is 24.3 Å². The Balaban J connectivity index is 0. The van der Waals surface area contributed by atoms with Crippen molar-refractivity contribution in [1.29, 1.82) is 0 Å². The molecular formula is C18H24CaN2O8. The molecule has 0 unspecified atom stereocenters. The van der Waals surface area contributed by atoms with Crippen LogP contribution in [0.1, 0.15) is 27.7 Å². The minimum atomic E-state index is -0.806. The van der Waals surface area contributed by atoms with E-state index in [-0.39, 0.29) is 50.8 Å². The molecule has 11 heteroatoms. The Morgan fingerprint density at radius 1 is 0.552 bits per heavy atom. The van der Waals surface area contributed by atoms with Crippen LogP contribution in [-0.2, 0) is 38.5 Å². The first-order valence-electron chi connectivity index (χ1n) is 8.29. The standard InChI is InChI=1S/C18H24N2O8.Ca/c1-5-9-15(21)25-19(26-16(22)10-6-2)13-14-20(27-17(23)11-7-3)28-18(24)12-8-4;/h5-12H,13-14H2,1-4H3;/b9-5+,10-6+,11-7+,12-8+;. The minimum absolute atomic E-state index is 0. The van der Waals surface area contributed by atoms with Crippen molar-refractivity contribution < 1.29 is 38.5 Å². The third-order valence-electron chi connectivity index (χ3n) is 2.44. The van der Waals surface area contributed by atoms with Gasteiger partial charge in [0.2, 0.25) is 0 Å². The smallest absolute Gasteiger partial charge is 0.329 e. The molecule has 0 heterocycles. The van der Waals surface area contributed by atoms with Gasteiger partial charge < -0.3 is 19.4 Å². The maximum absolute atomic E-state index is 11.6. The van der Waals surface area contributed by atoms with Crippen LogP contribution in [0.3, 0.4) is 0 Å². The molecule has 0 aromatic rings. The Bertz CT molecular complexity index is 550. The van der Waals surface area contributed by atoms with Crippen molar-refractivity contribution in [2.24, 2.45) is 0 Å². The minimum Gasteiger partial charge on any atom is -0.329 e. The van der Waals surface area contributed by atoms with Gasteiger partial charge in [0.15, 0.2) is 0 Å². The van der Waals surface area contributed by atoms with E-state index < -0.39 is 23.9 Å². The molecule has 2 radical (unpaired) electrons. The summed E-state index contributed by atoms with van der Waals surface area (Å²) < 4.78 is 0. The molecule has 0 saturated heterocycles. The summed E-state index contributed by atoms with van der Waals surface area (Å²) in [7, 11) is 0. The topological polar surface area (TPSA) is 112 Å². The van der Waals surface area contributed by atoms with Gasteiger partial charge in [-0.3, -0.25) is 0 Å². The van der Waals surface area contributed by atoms with E-state index in [2.05, 4.69) is 0 Å². The summed E-state index contributed by atoms with van der Waals surface area (Å²) in [5.41, 5.74) is 0. The predicted octanol–water partition coefficient (Wildman–Crippen LogP) is 1.35. The molecule has 29 heavy (non-hydrogen) atoms. The molecule has 0 amide bonds. The Morgan fingerprint density at radius 2 is 0.759 bits per heavy atom. The molecule has 0 aliphatic rings. The number of nitrogens with zero attached hydrogens (tertiary/aromatic N) is 2. The van der Waals surface area contributed by atoms with E-state index in [9.17, 15) is 19.2 Å². The Morgan fingerprint density at radius 3 is 0.931 bits per heavy atom. The molecule has 10 nitrogen and oxygen atoms in total. The van der Waals surface area contributed by atoms with E-state index in [4.69, 9.17) is 19.4 Å². The number of hydrogen-bond donors (Lipinski definition) is 0. The van der Waals surface area contributed by atoms with Gasteiger partial charge in [-0.15, -0.1) is 0 Å². The molecule has 0 N–H and O–H groups in total. The van der Waals surface area contributed by atoms with Crippen LogP contribution in [0.25, 0.3) is 0 Å². The van der Waals surface area contributed by atoms with Gasteiger partial charge in [0.25, 0.3) is 0 Å². The van der Waals surface area contributed by atoms with E-state index in [0.717, 1.165) is 24.3 Å². The summed E-state index contributed by atoms with van der Waals surface area (Å²) in [5.74, 6) is -3.23. The van der Waals surface area contributed by atoms with Gasteiger partial charge in [0.05, 0.1) is 13.1 Å². The fourth-order valence-electron chi connectivity index (χ4n) is 1.45. The zero-order valence-corrected chi connectivity index (χ0v) is 19.1. The van der Waals surface area contributed by atoms with Crippen molar-refractivity contribution in [2.45, 2.75) is 27.7 Å². The number of allylic oxidation sites excluding steroid dienone is 4. The van der Waals surface area contributed by atoms with E-state index in [1.807, 2.05) is 0 Å². The number of carbonyl (C=O) groups excluding carboxylic acids is 4. The van der Waals surface area contributed by atoms with Crippen molar-refractivity contribution in [3.05, 3.63) is 48.6 Å². The zero-order chi connectivity index (χ0) is 21.4. The molecule has 0 atom stereocenters. The summed E-state index contributed by atoms with van der Waals surface area (Å²) >= 11 is 0. The van der Waals surface area contributed by atoms with Gasteiger partial charge in [0, 0.05) is 72.5 Å². The third-order valence-corrected chi connectivity index (χ3v) is 2.44. The first-order chi connectivity index (χ1) is 13.4. The predicted molar refractivity (Wildman–Crippen MR) is 103 cm³/mol. The maximum Gasteiger partial charge on any atom is 0.353 e. The first kappa shape index (κ1) is 29.2. The van der Waals surface area contributed by atoms with E-state index in [1.54, 1.807) is 27.7 Å². The third kappa shape index (κ3) is 15.6. The van der Waals surface area contributed by atoms with Crippen molar-refractivity contribution in [3.8, 4) is 0 Å². The van der Waals surface area contributed by atoms with Crippen LogP contribution in [0, 0.1) is 0 Å². The van der Waals surface area contributed by atoms with Gasteiger partial charge >= 0.3 is 23.9 Å². The molecule has 0 aromatic carbocycles. The second-order valence-electron chi connectivity index (χ2n) is 4.75. The fraction of sp³-hybridized carbons (Fsp3) is 0.333. The van der Waals surface area contributed by atoms with E-state index in [0.29, 0.717) is 10.5 Å². The normalized spacial score (nSPS) is 11.4. The fourth-order valence-corrected chi connectivity index (χ4v) is 1.45. The maximum atomic E-state index is 11.6. The van der Waals surface area contributed by atoms with Crippen LogP contribution < -0.4 is 0 Å². The molecule has 0 fully saturated rings.